The molecule has 0 aliphatic carbocycles. The SMILES string of the molecule is Cc1ccc(N)c2c(Br)cnc(C#N)c12. The second kappa shape index (κ2) is 3.52. The first-order chi connectivity index (χ1) is 7.15. The molecule has 74 valence electrons. The van der Waals surface area contributed by atoms with Crippen molar-refractivity contribution in [1.82, 2.24) is 4.98 Å². The summed E-state index contributed by atoms with van der Waals surface area (Å²) >= 11 is 3.39. The Morgan fingerprint density at radius 1 is 1.40 bits per heavy atom. The highest BCUT2D eigenvalue weighted by Gasteiger charge is 2.10. The van der Waals surface area contributed by atoms with Crippen LogP contribution in [-0.2, 0) is 0 Å². The van der Waals surface area contributed by atoms with Crippen LogP contribution in [-0.4, -0.2) is 4.98 Å². The molecule has 0 amide bonds. The van der Waals surface area contributed by atoms with Gasteiger partial charge in [-0.2, -0.15) is 5.26 Å². The number of nitriles is 1. The van der Waals surface area contributed by atoms with Crippen molar-refractivity contribution in [3.63, 3.8) is 0 Å². The molecule has 0 saturated heterocycles. The number of aromatic nitrogens is 1. The molecule has 0 fully saturated rings. The number of anilines is 1. The molecule has 0 saturated carbocycles. The molecule has 0 aliphatic heterocycles. The van der Waals surface area contributed by atoms with Gasteiger partial charge in [0.25, 0.3) is 0 Å². The van der Waals surface area contributed by atoms with Gasteiger partial charge in [-0.1, -0.05) is 6.07 Å². The van der Waals surface area contributed by atoms with E-state index in [1.807, 2.05) is 19.1 Å². The van der Waals surface area contributed by atoms with Gasteiger partial charge in [-0.05, 0) is 34.5 Å². The molecule has 3 nitrogen and oxygen atoms in total. The maximum absolute atomic E-state index is 8.97. The minimum Gasteiger partial charge on any atom is -0.398 e. The van der Waals surface area contributed by atoms with Crippen molar-refractivity contribution < 1.29 is 0 Å². The van der Waals surface area contributed by atoms with E-state index >= 15 is 0 Å². The Labute approximate surface area is 95.7 Å². The number of rotatable bonds is 0. The predicted molar refractivity (Wildman–Crippen MR) is 63.3 cm³/mol. The molecular weight excluding hydrogens is 254 g/mol. The number of aryl methyl sites for hydroxylation is 1. The Morgan fingerprint density at radius 2 is 2.13 bits per heavy atom. The predicted octanol–water partition coefficient (Wildman–Crippen LogP) is 2.76. The molecule has 0 radical (unpaired) electrons. The summed E-state index contributed by atoms with van der Waals surface area (Å²) in [6.07, 6.45) is 1.61. The van der Waals surface area contributed by atoms with Crippen molar-refractivity contribution >= 4 is 32.4 Å². The Bertz CT molecular complexity index is 576. The zero-order valence-corrected chi connectivity index (χ0v) is 9.67. The second-order valence-electron chi connectivity index (χ2n) is 3.29. The quantitative estimate of drug-likeness (QED) is 0.742. The van der Waals surface area contributed by atoms with Crippen LogP contribution in [0.3, 0.4) is 0 Å². The number of nitrogens with two attached hydrogens (primary N) is 1. The van der Waals surface area contributed by atoms with E-state index in [-0.39, 0.29) is 0 Å². The number of benzene rings is 1. The van der Waals surface area contributed by atoms with E-state index in [0.717, 1.165) is 20.8 Å². The minimum absolute atomic E-state index is 0.415. The van der Waals surface area contributed by atoms with Gasteiger partial charge >= 0.3 is 0 Å². The highest BCUT2D eigenvalue weighted by molar-refractivity contribution is 9.10. The third kappa shape index (κ3) is 1.45. The molecule has 0 aliphatic rings. The van der Waals surface area contributed by atoms with Crippen LogP contribution in [0.15, 0.2) is 22.8 Å². The van der Waals surface area contributed by atoms with E-state index in [0.29, 0.717) is 11.4 Å². The Balaban J connectivity index is 3.07. The van der Waals surface area contributed by atoms with Crippen molar-refractivity contribution in [2.45, 2.75) is 6.92 Å². The molecule has 2 aromatic rings. The van der Waals surface area contributed by atoms with Gasteiger partial charge in [-0.25, -0.2) is 4.98 Å². The molecular formula is C11H8BrN3. The van der Waals surface area contributed by atoms with E-state index in [1.165, 1.54) is 0 Å². The average molecular weight is 262 g/mol. The van der Waals surface area contributed by atoms with Crippen molar-refractivity contribution in [2.24, 2.45) is 0 Å². The molecule has 4 heteroatoms. The van der Waals surface area contributed by atoms with Gasteiger partial charge in [0.2, 0.25) is 0 Å². The van der Waals surface area contributed by atoms with Gasteiger partial charge in [-0.15, -0.1) is 0 Å². The van der Waals surface area contributed by atoms with Gasteiger partial charge < -0.3 is 5.73 Å². The van der Waals surface area contributed by atoms with Crippen molar-refractivity contribution in [2.75, 3.05) is 5.73 Å². The van der Waals surface area contributed by atoms with Gasteiger partial charge in [0.15, 0.2) is 0 Å². The van der Waals surface area contributed by atoms with E-state index in [9.17, 15) is 0 Å². The molecule has 0 spiro atoms. The summed E-state index contributed by atoms with van der Waals surface area (Å²) in [6, 6.07) is 5.81. The van der Waals surface area contributed by atoms with E-state index in [2.05, 4.69) is 27.0 Å². The van der Waals surface area contributed by atoms with Crippen LogP contribution in [0.1, 0.15) is 11.3 Å². The number of pyridine rings is 1. The molecule has 1 heterocycles. The average Bonchev–Trinajstić information content (AvgIpc) is 2.23. The van der Waals surface area contributed by atoms with Crippen LogP contribution in [0.4, 0.5) is 5.69 Å². The largest absolute Gasteiger partial charge is 0.398 e. The zero-order valence-electron chi connectivity index (χ0n) is 8.08. The van der Waals surface area contributed by atoms with Crippen LogP contribution in [0.2, 0.25) is 0 Å². The summed E-state index contributed by atoms with van der Waals surface area (Å²) in [7, 11) is 0. The van der Waals surface area contributed by atoms with Crippen LogP contribution in [0, 0.1) is 18.3 Å². The molecule has 2 N–H and O–H groups in total. The number of fused-ring (bicyclic) bond motifs is 1. The number of nitrogen functional groups attached to an aromatic ring is 1. The topological polar surface area (TPSA) is 62.7 Å². The fourth-order valence-electron chi connectivity index (χ4n) is 1.62. The maximum Gasteiger partial charge on any atom is 0.148 e. The molecule has 0 atom stereocenters. The lowest BCUT2D eigenvalue weighted by molar-refractivity contribution is 1.28. The fourth-order valence-corrected chi connectivity index (χ4v) is 2.15. The summed E-state index contributed by atoms with van der Waals surface area (Å²) in [5.41, 5.74) is 7.96. The fraction of sp³-hybridized carbons (Fsp3) is 0.0909. The molecule has 1 aromatic heterocycles. The summed E-state index contributed by atoms with van der Waals surface area (Å²) in [5.74, 6) is 0. The zero-order chi connectivity index (χ0) is 11.0. The Morgan fingerprint density at radius 3 is 2.80 bits per heavy atom. The number of nitrogens with zero attached hydrogens (tertiary/aromatic N) is 2. The van der Waals surface area contributed by atoms with Crippen LogP contribution >= 0.6 is 15.9 Å². The highest BCUT2D eigenvalue weighted by Crippen LogP contribution is 2.32. The number of hydrogen-bond acceptors (Lipinski definition) is 3. The molecule has 2 rings (SSSR count). The molecule has 1 aromatic carbocycles. The Hall–Kier alpha value is -1.60. The molecule has 15 heavy (non-hydrogen) atoms. The normalized spacial score (nSPS) is 10.2. The molecule has 0 unspecified atom stereocenters. The number of hydrogen-bond donors (Lipinski definition) is 1. The summed E-state index contributed by atoms with van der Waals surface area (Å²) in [5, 5.41) is 10.7. The van der Waals surface area contributed by atoms with Gasteiger partial charge in [0, 0.05) is 27.1 Å². The summed E-state index contributed by atoms with van der Waals surface area (Å²) < 4.78 is 0.817. The summed E-state index contributed by atoms with van der Waals surface area (Å²) in [4.78, 5) is 4.06. The van der Waals surface area contributed by atoms with Crippen LogP contribution in [0.25, 0.3) is 10.8 Å². The van der Waals surface area contributed by atoms with Crippen LogP contribution < -0.4 is 5.73 Å². The first-order valence-corrected chi connectivity index (χ1v) is 5.18. The van der Waals surface area contributed by atoms with Crippen molar-refractivity contribution in [3.8, 4) is 6.07 Å². The van der Waals surface area contributed by atoms with Gasteiger partial charge in [-0.3, -0.25) is 0 Å². The third-order valence-corrected chi connectivity index (χ3v) is 2.94. The minimum atomic E-state index is 0.415. The molecule has 0 bridgehead atoms. The third-order valence-electron chi connectivity index (χ3n) is 2.33. The van der Waals surface area contributed by atoms with Gasteiger partial charge in [0.1, 0.15) is 11.8 Å². The Kier molecular flexibility index (Phi) is 2.33. The lowest BCUT2D eigenvalue weighted by Crippen LogP contribution is -1.94. The first-order valence-electron chi connectivity index (χ1n) is 4.38. The van der Waals surface area contributed by atoms with E-state index in [1.54, 1.807) is 6.20 Å². The number of halogens is 1. The smallest absolute Gasteiger partial charge is 0.148 e. The summed E-state index contributed by atoms with van der Waals surface area (Å²) in [6.45, 7) is 1.94. The standard InChI is InChI=1S/C11H8BrN3/c1-6-2-3-8(14)11-7(12)5-15-9(4-13)10(6)11/h2-3,5H,14H2,1H3. The maximum atomic E-state index is 8.97. The highest BCUT2D eigenvalue weighted by atomic mass is 79.9. The van der Waals surface area contributed by atoms with E-state index in [4.69, 9.17) is 11.0 Å². The monoisotopic (exact) mass is 261 g/mol. The van der Waals surface area contributed by atoms with Gasteiger partial charge in [0.05, 0.1) is 0 Å². The first kappa shape index (κ1) is 9.94. The second-order valence-corrected chi connectivity index (χ2v) is 4.14. The van der Waals surface area contributed by atoms with Crippen molar-refractivity contribution in [1.29, 1.82) is 5.26 Å². The lowest BCUT2D eigenvalue weighted by Gasteiger charge is -2.07. The van der Waals surface area contributed by atoms with Crippen molar-refractivity contribution in [3.05, 3.63) is 34.1 Å². The lowest BCUT2D eigenvalue weighted by atomic mass is 10.0. The van der Waals surface area contributed by atoms with E-state index < -0.39 is 0 Å². The van der Waals surface area contributed by atoms with Crippen LogP contribution in [0.5, 0.6) is 0 Å².